The van der Waals surface area contributed by atoms with Gasteiger partial charge in [-0.05, 0) is 50.8 Å². The minimum absolute atomic E-state index is 0.0339. The number of carbonyl (C=O) groups excluding carboxylic acids is 1. The molecule has 0 unspecified atom stereocenters. The van der Waals surface area contributed by atoms with Gasteiger partial charge in [0.05, 0.1) is 24.0 Å². The Morgan fingerprint density at radius 2 is 1.77 bits per heavy atom. The zero-order valence-corrected chi connectivity index (χ0v) is 19.9. The van der Waals surface area contributed by atoms with Crippen molar-refractivity contribution in [1.82, 2.24) is 25.6 Å². The molecular formula is C25H29FN6O3. The number of nitrogens with one attached hydrogen (secondary N) is 3. The van der Waals surface area contributed by atoms with Crippen molar-refractivity contribution in [1.29, 1.82) is 0 Å². The summed E-state index contributed by atoms with van der Waals surface area (Å²) in [5.41, 5.74) is 2.78. The second kappa shape index (κ2) is 10.1. The lowest BCUT2D eigenvalue weighted by atomic mass is 9.91. The number of pyridine rings is 1. The molecule has 3 heterocycles. The number of nitrogens with zero attached hydrogens (tertiary/aromatic N) is 3. The highest BCUT2D eigenvalue weighted by atomic mass is 19.1. The molecule has 35 heavy (non-hydrogen) atoms. The third kappa shape index (κ3) is 5.18. The number of anilines is 1. The van der Waals surface area contributed by atoms with Gasteiger partial charge in [-0.25, -0.2) is 19.3 Å². The van der Waals surface area contributed by atoms with Crippen molar-refractivity contribution in [3.63, 3.8) is 0 Å². The van der Waals surface area contributed by atoms with Crippen molar-refractivity contribution >= 4 is 22.6 Å². The molecule has 0 spiro atoms. The second-order valence-electron chi connectivity index (χ2n) is 9.01. The SMILES string of the molecule is COc1ccc2ccc(F)c(CNC3CCC(NCc4nc5c(nc4C)OCC(=O)N5)CC3)c2n1. The first kappa shape index (κ1) is 23.4. The zero-order valence-electron chi connectivity index (χ0n) is 19.9. The van der Waals surface area contributed by atoms with Gasteiger partial charge in [0.2, 0.25) is 5.88 Å². The molecule has 0 radical (unpaired) electrons. The molecule has 10 heteroatoms. The van der Waals surface area contributed by atoms with Crippen LogP contribution in [0.1, 0.15) is 42.6 Å². The van der Waals surface area contributed by atoms with Crippen LogP contribution in [0.5, 0.6) is 11.8 Å². The van der Waals surface area contributed by atoms with Gasteiger partial charge in [0, 0.05) is 42.2 Å². The predicted octanol–water partition coefficient (Wildman–Crippen LogP) is 3.00. The summed E-state index contributed by atoms with van der Waals surface area (Å²) in [5, 5.41) is 10.7. The number of methoxy groups -OCH3 is 1. The van der Waals surface area contributed by atoms with Crippen LogP contribution in [0.25, 0.3) is 10.9 Å². The van der Waals surface area contributed by atoms with Crippen LogP contribution in [-0.2, 0) is 17.9 Å². The number of aromatic nitrogens is 3. The normalized spacial score (nSPS) is 19.7. The molecule has 2 aromatic heterocycles. The molecule has 3 N–H and O–H groups in total. The van der Waals surface area contributed by atoms with E-state index in [2.05, 4.69) is 30.9 Å². The lowest BCUT2D eigenvalue weighted by molar-refractivity contribution is -0.118. The Bertz CT molecular complexity index is 1250. The summed E-state index contributed by atoms with van der Waals surface area (Å²) in [7, 11) is 1.56. The van der Waals surface area contributed by atoms with Crippen LogP contribution in [0.3, 0.4) is 0 Å². The highest BCUT2D eigenvalue weighted by Gasteiger charge is 2.24. The average molecular weight is 481 g/mol. The topological polar surface area (TPSA) is 110 Å². The highest BCUT2D eigenvalue weighted by molar-refractivity contribution is 5.93. The Kier molecular flexibility index (Phi) is 6.74. The van der Waals surface area contributed by atoms with Crippen molar-refractivity contribution in [3.8, 4) is 11.8 Å². The molecule has 184 valence electrons. The highest BCUT2D eigenvalue weighted by Crippen LogP contribution is 2.26. The summed E-state index contributed by atoms with van der Waals surface area (Å²) < 4.78 is 25.2. The number of hydrogen-bond donors (Lipinski definition) is 3. The summed E-state index contributed by atoms with van der Waals surface area (Å²) in [6.45, 7) is 2.85. The van der Waals surface area contributed by atoms with Crippen LogP contribution < -0.4 is 25.4 Å². The molecule has 5 rings (SSSR count). The summed E-state index contributed by atoms with van der Waals surface area (Å²) in [6.07, 6.45) is 3.97. The smallest absolute Gasteiger partial charge is 0.263 e. The maximum Gasteiger partial charge on any atom is 0.263 e. The van der Waals surface area contributed by atoms with Gasteiger partial charge in [-0.3, -0.25) is 4.79 Å². The predicted molar refractivity (Wildman–Crippen MR) is 129 cm³/mol. The number of rotatable bonds is 7. The number of halogens is 1. The van der Waals surface area contributed by atoms with Gasteiger partial charge in [0.15, 0.2) is 12.4 Å². The lowest BCUT2D eigenvalue weighted by Gasteiger charge is -2.30. The Hall–Kier alpha value is -3.37. The fourth-order valence-electron chi connectivity index (χ4n) is 4.66. The number of carbonyl (C=O) groups is 1. The summed E-state index contributed by atoms with van der Waals surface area (Å²) in [5.74, 6) is 0.741. The quantitative estimate of drug-likeness (QED) is 0.474. The van der Waals surface area contributed by atoms with Crippen LogP contribution in [0.4, 0.5) is 10.2 Å². The third-order valence-corrected chi connectivity index (χ3v) is 6.68. The Labute approximate surface area is 202 Å². The van der Waals surface area contributed by atoms with E-state index in [1.807, 2.05) is 13.0 Å². The van der Waals surface area contributed by atoms with Crippen LogP contribution in [0.15, 0.2) is 24.3 Å². The van der Waals surface area contributed by atoms with Crippen molar-refractivity contribution in [3.05, 3.63) is 47.0 Å². The molecule has 1 fully saturated rings. The van der Waals surface area contributed by atoms with E-state index in [-0.39, 0.29) is 18.3 Å². The number of hydrogen-bond acceptors (Lipinski definition) is 8. The van der Waals surface area contributed by atoms with Crippen molar-refractivity contribution in [2.45, 2.75) is 57.8 Å². The van der Waals surface area contributed by atoms with Gasteiger partial charge in [-0.1, -0.05) is 0 Å². The first-order valence-corrected chi connectivity index (χ1v) is 11.9. The summed E-state index contributed by atoms with van der Waals surface area (Å²) in [6, 6.07) is 7.59. The van der Waals surface area contributed by atoms with Crippen LogP contribution in [-0.4, -0.2) is 46.7 Å². The largest absolute Gasteiger partial charge is 0.481 e. The molecule has 0 saturated heterocycles. The number of aryl methyl sites for hydroxylation is 1. The van der Waals surface area contributed by atoms with E-state index in [1.54, 1.807) is 19.2 Å². The van der Waals surface area contributed by atoms with Crippen molar-refractivity contribution in [2.24, 2.45) is 0 Å². The number of amides is 1. The first-order chi connectivity index (χ1) is 17.0. The van der Waals surface area contributed by atoms with Gasteiger partial charge in [0.25, 0.3) is 11.8 Å². The summed E-state index contributed by atoms with van der Waals surface area (Å²) in [4.78, 5) is 25.0. The van der Waals surface area contributed by atoms with E-state index >= 15 is 0 Å². The fourth-order valence-corrected chi connectivity index (χ4v) is 4.66. The molecule has 0 bridgehead atoms. The molecule has 1 amide bonds. The minimum atomic E-state index is -0.260. The molecule has 1 saturated carbocycles. The van der Waals surface area contributed by atoms with Crippen LogP contribution in [0.2, 0.25) is 0 Å². The maximum atomic E-state index is 14.6. The Morgan fingerprint density at radius 1 is 1.06 bits per heavy atom. The fraction of sp³-hybridized carbons (Fsp3) is 0.440. The van der Waals surface area contributed by atoms with E-state index in [0.717, 1.165) is 42.5 Å². The van der Waals surface area contributed by atoms with Gasteiger partial charge < -0.3 is 25.4 Å². The number of fused-ring (bicyclic) bond motifs is 2. The van der Waals surface area contributed by atoms with Gasteiger partial charge >= 0.3 is 0 Å². The summed E-state index contributed by atoms with van der Waals surface area (Å²) >= 11 is 0. The van der Waals surface area contributed by atoms with Crippen molar-refractivity contribution < 1.29 is 18.7 Å². The van der Waals surface area contributed by atoms with Crippen LogP contribution >= 0.6 is 0 Å². The zero-order chi connectivity index (χ0) is 24.4. The van der Waals surface area contributed by atoms with Crippen LogP contribution in [0, 0.1) is 12.7 Å². The van der Waals surface area contributed by atoms with E-state index < -0.39 is 0 Å². The monoisotopic (exact) mass is 480 g/mol. The third-order valence-electron chi connectivity index (χ3n) is 6.68. The molecular weight excluding hydrogens is 451 g/mol. The molecule has 0 atom stereocenters. The number of benzene rings is 1. The second-order valence-corrected chi connectivity index (χ2v) is 9.01. The lowest BCUT2D eigenvalue weighted by Crippen LogP contribution is -2.39. The first-order valence-electron chi connectivity index (χ1n) is 11.9. The van der Waals surface area contributed by atoms with E-state index in [0.29, 0.717) is 53.8 Å². The molecule has 1 aliphatic carbocycles. The van der Waals surface area contributed by atoms with Gasteiger partial charge in [-0.15, -0.1) is 0 Å². The van der Waals surface area contributed by atoms with Crippen molar-refractivity contribution in [2.75, 3.05) is 19.0 Å². The maximum absolute atomic E-state index is 14.6. The average Bonchev–Trinajstić information content (AvgIpc) is 2.87. The molecule has 9 nitrogen and oxygen atoms in total. The van der Waals surface area contributed by atoms with Gasteiger partial charge in [-0.2, -0.15) is 0 Å². The van der Waals surface area contributed by atoms with Gasteiger partial charge in [0.1, 0.15) is 5.82 Å². The number of ether oxygens (including phenoxy) is 2. The molecule has 2 aliphatic rings. The standard InChI is InChI=1S/C25H29FN6O3/c1-14-20(30-24-25(29-14)35-13-21(33)31-24)12-28-17-7-5-16(6-8-17)27-11-18-19(26)9-3-15-4-10-22(34-2)32-23(15)18/h3-4,9-10,16-17,27-28H,5-8,11-13H2,1-2H3,(H,30,31,33). The molecule has 3 aromatic rings. The van der Waals surface area contributed by atoms with E-state index in [4.69, 9.17) is 9.47 Å². The Morgan fingerprint density at radius 3 is 2.51 bits per heavy atom. The van der Waals surface area contributed by atoms with E-state index in [9.17, 15) is 9.18 Å². The molecule has 1 aliphatic heterocycles. The Balaban J connectivity index is 1.15. The molecule has 1 aromatic carbocycles. The minimum Gasteiger partial charge on any atom is -0.481 e. The van der Waals surface area contributed by atoms with E-state index in [1.165, 1.54) is 6.07 Å².